The van der Waals surface area contributed by atoms with Gasteiger partial charge < -0.3 is 4.57 Å². The number of benzene rings is 1. The van der Waals surface area contributed by atoms with Gasteiger partial charge in [0.1, 0.15) is 4.90 Å². The molecule has 0 radical (unpaired) electrons. The van der Waals surface area contributed by atoms with Gasteiger partial charge in [0.25, 0.3) is 0 Å². The topological polar surface area (TPSA) is 97.2 Å². The summed E-state index contributed by atoms with van der Waals surface area (Å²) in [6.45, 7) is -0.314. The molecule has 3 aromatic rings. The van der Waals surface area contributed by atoms with Crippen LogP contribution in [0, 0.1) is 0 Å². The number of hydrogen-bond acceptors (Lipinski definition) is 5. The van der Waals surface area contributed by atoms with E-state index in [0.717, 1.165) is 41.0 Å². The van der Waals surface area contributed by atoms with Crippen molar-refractivity contribution in [1.82, 2.24) is 18.8 Å². The SMILES string of the molecule is CN(CC(=O)Nc1nc2ccccc2n1C1CCCCC1)S(=O)(=O)c1cccnc1. The number of rotatable bonds is 6. The zero-order chi connectivity index (χ0) is 21.1. The largest absolute Gasteiger partial charge is 0.307 e. The Morgan fingerprint density at radius 1 is 1.17 bits per heavy atom. The van der Waals surface area contributed by atoms with E-state index in [0.29, 0.717) is 5.95 Å². The summed E-state index contributed by atoms with van der Waals surface area (Å²) in [4.78, 5) is 21.2. The fraction of sp³-hybridized carbons (Fsp3) is 0.381. The van der Waals surface area contributed by atoms with Crippen molar-refractivity contribution in [2.24, 2.45) is 0 Å². The van der Waals surface area contributed by atoms with Crippen LogP contribution in [-0.4, -0.2) is 46.8 Å². The minimum absolute atomic E-state index is 0.0507. The summed E-state index contributed by atoms with van der Waals surface area (Å²) < 4.78 is 28.4. The molecule has 4 rings (SSSR count). The second kappa shape index (κ2) is 8.53. The third kappa shape index (κ3) is 4.08. The third-order valence-electron chi connectivity index (χ3n) is 5.50. The number of pyridine rings is 1. The van der Waals surface area contributed by atoms with E-state index in [4.69, 9.17) is 0 Å². The van der Waals surface area contributed by atoms with Gasteiger partial charge in [-0.1, -0.05) is 31.4 Å². The van der Waals surface area contributed by atoms with Gasteiger partial charge >= 0.3 is 0 Å². The van der Waals surface area contributed by atoms with Crippen LogP contribution in [-0.2, 0) is 14.8 Å². The summed E-state index contributed by atoms with van der Waals surface area (Å²) in [5, 5.41) is 2.84. The average molecular weight is 428 g/mol. The Morgan fingerprint density at radius 3 is 2.67 bits per heavy atom. The summed E-state index contributed by atoms with van der Waals surface area (Å²) in [6, 6.07) is 11.1. The quantitative estimate of drug-likeness (QED) is 0.652. The number of aromatic nitrogens is 3. The van der Waals surface area contributed by atoms with Crippen LogP contribution in [0.3, 0.4) is 0 Å². The maximum absolute atomic E-state index is 12.7. The van der Waals surface area contributed by atoms with E-state index in [1.165, 1.54) is 31.9 Å². The molecule has 0 bridgehead atoms. The van der Waals surface area contributed by atoms with Crippen LogP contribution < -0.4 is 5.32 Å². The Morgan fingerprint density at radius 2 is 1.93 bits per heavy atom. The number of sulfonamides is 1. The molecule has 0 atom stereocenters. The molecule has 30 heavy (non-hydrogen) atoms. The van der Waals surface area contributed by atoms with Crippen LogP contribution >= 0.6 is 0 Å². The normalized spacial score (nSPS) is 15.5. The summed E-state index contributed by atoms with van der Waals surface area (Å²) in [7, 11) is -2.42. The number of nitrogens with zero attached hydrogens (tertiary/aromatic N) is 4. The number of fused-ring (bicyclic) bond motifs is 1. The minimum Gasteiger partial charge on any atom is -0.307 e. The molecule has 9 heteroatoms. The fourth-order valence-electron chi connectivity index (χ4n) is 3.97. The first-order chi connectivity index (χ1) is 14.5. The van der Waals surface area contributed by atoms with E-state index in [1.807, 2.05) is 24.3 Å². The molecule has 158 valence electrons. The van der Waals surface area contributed by atoms with Crippen LogP contribution in [0.4, 0.5) is 5.95 Å². The number of anilines is 1. The summed E-state index contributed by atoms with van der Waals surface area (Å²) in [5.41, 5.74) is 1.80. The lowest BCUT2D eigenvalue weighted by Gasteiger charge is -2.25. The molecule has 8 nitrogen and oxygen atoms in total. The van der Waals surface area contributed by atoms with E-state index >= 15 is 0 Å². The van der Waals surface area contributed by atoms with Gasteiger partial charge in [0.05, 0.1) is 17.6 Å². The van der Waals surface area contributed by atoms with Gasteiger partial charge in [0.15, 0.2) is 0 Å². The molecule has 1 amide bonds. The Bertz CT molecular complexity index is 1140. The second-order valence-corrected chi connectivity index (χ2v) is 9.63. The maximum Gasteiger partial charge on any atom is 0.244 e. The highest BCUT2D eigenvalue weighted by molar-refractivity contribution is 7.89. The average Bonchev–Trinajstić information content (AvgIpc) is 3.12. The van der Waals surface area contributed by atoms with Gasteiger partial charge in [0, 0.05) is 25.5 Å². The lowest BCUT2D eigenvalue weighted by Crippen LogP contribution is -2.35. The maximum atomic E-state index is 12.7. The molecule has 0 aliphatic heterocycles. The molecule has 2 aromatic heterocycles. The first kappa shape index (κ1) is 20.5. The zero-order valence-electron chi connectivity index (χ0n) is 16.9. The van der Waals surface area contributed by atoms with E-state index < -0.39 is 15.9 Å². The van der Waals surface area contributed by atoms with Crippen LogP contribution in [0.15, 0.2) is 53.7 Å². The molecular weight excluding hydrogens is 402 g/mol. The van der Waals surface area contributed by atoms with Gasteiger partial charge in [-0.15, -0.1) is 0 Å². The standard InChI is InChI=1S/C21H25N5O3S/c1-25(30(28,29)17-10-7-13-22-14-17)15-20(27)24-21-23-18-11-5-6-12-19(18)26(21)16-8-3-2-4-9-16/h5-7,10-14,16H,2-4,8-9,15H2,1H3,(H,23,24,27). The summed E-state index contributed by atoms with van der Waals surface area (Å²) in [6.07, 6.45) is 8.37. The number of carbonyl (C=O) groups excluding carboxylic acids is 1. The van der Waals surface area contributed by atoms with Crippen molar-refractivity contribution < 1.29 is 13.2 Å². The van der Waals surface area contributed by atoms with E-state index in [9.17, 15) is 13.2 Å². The first-order valence-corrected chi connectivity index (χ1v) is 11.5. The molecule has 1 N–H and O–H groups in total. The lowest BCUT2D eigenvalue weighted by atomic mass is 9.95. The van der Waals surface area contributed by atoms with Gasteiger partial charge in [-0.2, -0.15) is 4.31 Å². The van der Waals surface area contributed by atoms with Gasteiger partial charge in [0.2, 0.25) is 21.9 Å². The number of likely N-dealkylation sites (N-methyl/N-ethyl adjacent to an activating group) is 1. The molecular formula is C21H25N5O3S. The molecule has 1 aliphatic rings. The third-order valence-corrected chi connectivity index (χ3v) is 7.28. The number of nitrogens with one attached hydrogen (secondary N) is 1. The summed E-state index contributed by atoms with van der Waals surface area (Å²) in [5.74, 6) is 0.0395. The van der Waals surface area contributed by atoms with Gasteiger partial charge in [-0.05, 0) is 37.1 Å². The van der Waals surface area contributed by atoms with E-state index in [2.05, 4.69) is 19.9 Å². The van der Waals surface area contributed by atoms with Crippen molar-refractivity contribution in [3.8, 4) is 0 Å². The summed E-state index contributed by atoms with van der Waals surface area (Å²) >= 11 is 0. The molecule has 0 saturated heterocycles. The first-order valence-electron chi connectivity index (χ1n) is 10.1. The number of imidazole rings is 1. The van der Waals surface area contributed by atoms with Crippen LogP contribution in [0.5, 0.6) is 0 Å². The zero-order valence-corrected chi connectivity index (χ0v) is 17.7. The fourth-order valence-corrected chi connectivity index (χ4v) is 5.06. The van der Waals surface area contributed by atoms with Crippen molar-refractivity contribution in [3.05, 3.63) is 48.8 Å². The predicted molar refractivity (Wildman–Crippen MR) is 115 cm³/mol. The Hall–Kier alpha value is -2.78. The van der Waals surface area contributed by atoms with Crippen molar-refractivity contribution in [1.29, 1.82) is 0 Å². The van der Waals surface area contributed by atoms with Crippen LogP contribution in [0.25, 0.3) is 11.0 Å². The predicted octanol–water partition coefficient (Wildman–Crippen LogP) is 3.20. The Labute approximate surface area is 176 Å². The van der Waals surface area contributed by atoms with Crippen LogP contribution in [0.1, 0.15) is 38.1 Å². The van der Waals surface area contributed by atoms with Gasteiger partial charge in [-0.3, -0.25) is 15.1 Å². The number of amides is 1. The highest BCUT2D eigenvalue weighted by Crippen LogP contribution is 2.34. The van der Waals surface area contributed by atoms with E-state index in [-0.39, 0.29) is 17.5 Å². The van der Waals surface area contributed by atoms with Gasteiger partial charge in [-0.25, -0.2) is 13.4 Å². The van der Waals surface area contributed by atoms with E-state index in [1.54, 1.807) is 6.07 Å². The number of hydrogen-bond donors (Lipinski definition) is 1. The molecule has 1 aliphatic carbocycles. The number of carbonyl (C=O) groups is 1. The monoisotopic (exact) mass is 427 g/mol. The number of para-hydroxylation sites is 2. The second-order valence-electron chi connectivity index (χ2n) is 7.58. The van der Waals surface area contributed by atoms with Crippen molar-refractivity contribution in [2.45, 2.75) is 43.0 Å². The highest BCUT2D eigenvalue weighted by Gasteiger charge is 2.26. The lowest BCUT2D eigenvalue weighted by molar-refractivity contribution is -0.116. The molecule has 1 fully saturated rings. The molecule has 1 aromatic carbocycles. The molecule has 1 saturated carbocycles. The van der Waals surface area contributed by atoms with Crippen molar-refractivity contribution in [3.63, 3.8) is 0 Å². The Kier molecular flexibility index (Phi) is 5.83. The minimum atomic E-state index is -3.80. The molecule has 2 heterocycles. The Balaban J connectivity index is 1.56. The molecule has 0 unspecified atom stereocenters. The van der Waals surface area contributed by atoms with Crippen molar-refractivity contribution in [2.75, 3.05) is 18.9 Å². The van der Waals surface area contributed by atoms with Crippen LogP contribution in [0.2, 0.25) is 0 Å². The molecule has 0 spiro atoms. The highest BCUT2D eigenvalue weighted by atomic mass is 32.2. The van der Waals surface area contributed by atoms with Crippen molar-refractivity contribution >= 4 is 32.9 Å². The smallest absolute Gasteiger partial charge is 0.244 e.